The normalized spacial score (nSPS) is 11.3. The van der Waals surface area contributed by atoms with Crippen LogP contribution in [0.15, 0.2) is 30.6 Å². The Bertz CT molecular complexity index is 787. The predicted octanol–water partition coefficient (Wildman–Crippen LogP) is 1.28. The molecule has 2 N–H and O–H groups in total. The fraction of sp³-hybridized carbons (Fsp3) is 0.143. The molecule has 0 saturated heterocycles. The van der Waals surface area contributed by atoms with Crippen LogP contribution in [0.1, 0.15) is 11.1 Å². The zero-order valence-electron chi connectivity index (χ0n) is 11.2. The second-order valence-electron chi connectivity index (χ2n) is 4.37. The SMILES string of the molecule is N#Cc1ccc(NC(=O)C(O)Cn2cc(C#N)cn2)c(Cl)c1. The summed E-state index contributed by atoms with van der Waals surface area (Å²) < 4.78 is 1.29. The smallest absolute Gasteiger partial charge is 0.255 e. The largest absolute Gasteiger partial charge is 0.381 e. The maximum Gasteiger partial charge on any atom is 0.255 e. The number of carbonyl (C=O) groups is 1. The van der Waals surface area contributed by atoms with Crippen molar-refractivity contribution in [2.75, 3.05) is 5.32 Å². The van der Waals surface area contributed by atoms with Crippen molar-refractivity contribution in [3.8, 4) is 12.1 Å². The van der Waals surface area contributed by atoms with Crippen LogP contribution in [0.4, 0.5) is 5.69 Å². The van der Waals surface area contributed by atoms with Gasteiger partial charge < -0.3 is 10.4 Å². The number of rotatable bonds is 4. The van der Waals surface area contributed by atoms with E-state index in [1.54, 1.807) is 0 Å². The molecule has 22 heavy (non-hydrogen) atoms. The molecule has 8 heteroatoms. The van der Waals surface area contributed by atoms with Gasteiger partial charge in [-0.15, -0.1) is 0 Å². The highest BCUT2D eigenvalue weighted by Crippen LogP contribution is 2.22. The minimum Gasteiger partial charge on any atom is -0.381 e. The van der Waals surface area contributed by atoms with E-state index < -0.39 is 12.0 Å². The minimum absolute atomic E-state index is 0.0958. The van der Waals surface area contributed by atoms with E-state index in [0.717, 1.165) is 0 Å². The molecule has 0 aliphatic rings. The molecule has 0 radical (unpaired) electrons. The molecule has 0 spiro atoms. The number of aromatic nitrogens is 2. The first-order valence-corrected chi connectivity index (χ1v) is 6.52. The number of anilines is 1. The molecule has 1 atom stereocenters. The van der Waals surface area contributed by atoms with Crippen LogP contribution in [-0.4, -0.2) is 26.9 Å². The minimum atomic E-state index is -1.36. The van der Waals surface area contributed by atoms with Gasteiger partial charge in [-0.1, -0.05) is 11.6 Å². The number of nitrogens with one attached hydrogen (secondary N) is 1. The molecule has 1 amide bonds. The second kappa shape index (κ2) is 6.72. The first-order chi connectivity index (χ1) is 10.5. The summed E-state index contributed by atoms with van der Waals surface area (Å²) in [5.74, 6) is -0.666. The van der Waals surface area contributed by atoms with E-state index in [2.05, 4.69) is 10.4 Å². The first kappa shape index (κ1) is 15.5. The number of aliphatic hydroxyl groups is 1. The molecule has 1 aromatic carbocycles. The lowest BCUT2D eigenvalue weighted by atomic mass is 10.2. The van der Waals surface area contributed by atoms with E-state index >= 15 is 0 Å². The molecule has 7 nitrogen and oxygen atoms in total. The van der Waals surface area contributed by atoms with Gasteiger partial charge >= 0.3 is 0 Å². The third kappa shape index (κ3) is 3.61. The van der Waals surface area contributed by atoms with Crippen LogP contribution in [0, 0.1) is 22.7 Å². The Labute approximate surface area is 131 Å². The van der Waals surface area contributed by atoms with Gasteiger partial charge in [0.2, 0.25) is 0 Å². The van der Waals surface area contributed by atoms with Gasteiger partial charge in [-0.3, -0.25) is 9.48 Å². The Balaban J connectivity index is 2.02. The van der Waals surface area contributed by atoms with Crippen LogP contribution in [0.25, 0.3) is 0 Å². The zero-order chi connectivity index (χ0) is 16.1. The molecular weight excluding hydrogens is 306 g/mol. The molecule has 1 heterocycles. The van der Waals surface area contributed by atoms with Crippen LogP contribution in [-0.2, 0) is 11.3 Å². The van der Waals surface area contributed by atoms with Crippen LogP contribution in [0.5, 0.6) is 0 Å². The summed E-state index contributed by atoms with van der Waals surface area (Å²) in [5, 5.41) is 33.8. The van der Waals surface area contributed by atoms with Crippen LogP contribution in [0.2, 0.25) is 5.02 Å². The standard InChI is InChI=1S/C14H10ClN5O2/c15-11-3-9(4-16)1-2-12(11)19-14(22)13(21)8-20-7-10(5-17)6-18-20/h1-3,6-7,13,21H,8H2,(H,19,22). The monoisotopic (exact) mass is 315 g/mol. The van der Waals surface area contributed by atoms with E-state index in [-0.39, 0.29) is 11.6 Å². The topological polar surface area (TPSA) is 115 Å². The molecule has 1 unspecified atom stereocenters. The number of benzene rings is 1. The van der Waals surface area contributed by atoms with Gasteiger partial charge in [0.25, 0.3) is 5.91 Å². The van der Waals surface area contributed by atoms with Crippen molar-refractivity contribution in [1.82, 2.24) is 9.78 Å². The summed E-state index contributed by atoms with van der Waals surface area (Å²) in [5.41, 5.74) is 0.995. The quantitative estimate of drug-likeness (QED) is 0.882. The fourth-order valence-electron chi connectivity index (χ4n) is 1.68. The van der Waals surface area contributed by atoms with Gasteiger partial charge in [0, 0.05) is 6.20 Å². The lowest BCUT2D eigenvalue weighted by molar-refractivity contribution is -0.124. The van der Waals surface area contributed by atoms with Gasteiger partial charge in [0.1, 0.15) is 6.07 Å². The van der Waals surface area contributed by atoms with Crippen molar-refractivity contribution in [1.29, 1.82) is 10.5 Å². The Hall–Kier alpha value is -2.87. The van der Waals surface area contributed by atoms with Crippen molar-refractivity contribution in [2.24, 2.45) is 0 Å². The maximum absolute atomic E-state index is 11.9. The van der Waals surface area contributed by atoms with Gasteiger partial charge in [-0.25, -0.2) is 0 Å². The number of carbonyl (C=O) groups excluding carboxylic acids is 1. The second-order valence-corrected chi connectivity index (χ2v) is 4.78. The van der Waals surface area contributed by atoms with Crippen LogP contribution >= 0.6 is 11.6 Å². The van der Waals surface area contributed by atoms with Crippen LogP contribution < -0.4 is 5.32 Å². The molecule has 0 aliphatic carbocycles. The highest BCUT2D eigenvalue weighted by atomic mass is 35.5. The number of halogens is 1. The molecular formula is C14H10ClN5O2. The van der Waals surface area contributed by atoms with Crippen molar-refractivity contribution in [3.63, 3.8) is 0 Å². The molecule has 2 aromatic rings. The molecule has 0 fully saturated rings. The highest BCUT2D eigenvalue weighted by molar-refractivity contribution is 6.33. The fourth-order valence-corrected chi connectivity index (χ4v) is 1.91. The summed E-state index contributed by atoms with van der Waals surface area (Å²) in [6.07, 6.45) is 1.39. The van der Waals surface area contributed by atoms with E-state index in [0.29, 0.717) is 16.8 Å². The molecule has 110 valence electrons. The van der Waals surface area contributed by atoms with E-state index in [1.165, 1.54) is 35.3 Å². The van der Waals surface area contributed by atoms with Crippen molar-refractivity contribution >= 4 is 23.2 Å². The third-order valence-corrected chi connectivity index (χ3v) is 3.09. The Morgan fingerprint density at radius 2 is 2.14 bits per heavy atom. The maximum atomic E-state index is 11.9. The van der Waals surface area contributed by atoms with E-state index in [4.69, 9.17) is 22.1 Å². The highest BCUT2D eigenvalue weighted by Gasteiger charge is 2.17. The van der Waals surface area contributed by atoms with E-state index in [9.17, 15) is 9.90 Å². The number of hydrogen-bond acceptors (Lipinski definition) is 5. The molecule has 0 aliphatic heterocycles. The van der Waals surface area contributed by atoms with Crippen molar-refractivity contribution < 1.29 is 9.90 Å². The number of amides is 1. The number of nitriles is 2. The van der Waals surface area contributed by atoms with Gasteiger partial charge in [0.05, 0.1) is 40.6 Å². The average Bonchev–Trinajstić information content (AvgIpc) is 2.96. The predicted molar refractivity (Wildman–Crippen MR) is 77.7 cm³/mol. The van der Waals surface area contributed by atoms with Gasteiger partial charge in [-0.05, 0) is 18.2 Å². The summed E-state index contributed by atoms with van der Waals surface area (Å²) >= 11 is 5.94. The number of nitrogens with zero attached hydrogens (tertiary/aromatic N) is 4. The Morgan fingerprint density at radius 1 is 1.41 bits per heavy atom. The van der Waals surface area contributed by atoms with Gasteiger partial charge in [0.15, 0.2) is 6.10 Å². The molecule has 0 saturated carbocycles. The summed E-state index contributed by atoms with van der Waals surface area (Å²) in [6.45, 7) is -0.0958. The van der Waals surface area contributed by atoms with E-state index in [1.807, 2.05) is 12.1 Å². The summed E-state index contributed by atoms with van der Waals surface area (Å²) in [4.78, 5) is 11.9. The number of aliphatic hydroxyl groups excluding tert-OH is 1. The lowest BCUT2D eigenvalue weighted by Crippen LogP contribution is -2.31. The molecule has 1 aromatic heterocycles. The lowest BCUT2D eigenvalue weighted by Gasteiger charge is -2.12. The van der Waals surface area contributed by atoms with Gasteiger partial charge in [-0.2, -0.15) is 15.6 Å². The first-order valence-electron chi connectivity index (χ1n) is 6.14. The molecule has 0 bridgehead atoms. The number of hydrogen-bond donors (Lipinski definition) is 2. The zero-order valence-corrected chi connectivity index (χ0v) is 11.9. The van der Waals surface area contributed by atoms with Crippen molar-refractivity contribution in [3.05, 3.63) is 46.7 Å². The Kier molecular flexibility index (Phi) is 4.74. The summed E-state index contributed by atoms with van der Waals surface area (Å²) in [6, 6.07) is 8.22. The third-order valence-electron chi connectivity index (χ3n) is 2.78. The van der Waals surface area contributed by atoms with Crippen LogP contribution in [0.3, 0.4) is 0 Å². The van der Waals surface area contributed by atoms with Crippen molar-refractivity contribution in [2.45, 2.75) is 12.6 Å². The summed E-state index contributed by atoms with van der Waals surface area (Å²) in [7, 11) is 0. The molecule has 2 rings (SSSR count). The Morgan fingerprint density at radius 3 is 2.73 bits per heavy atom. The average molecular weight is 316 g/mol.